The van der Waals surface area contributed by atoms with Gasteiger partial charge in [-0.2, -0.15) is 0 Å². The molecule has 0 aromatic heterocycles. The Hall–Kier alpha value is -4.97. The van der Waals surface area contributed by atoms with Gasteiger partial charge < -0.3 is 14.2 Å². The van der Waals surface area contributed by atoms with E-state index in [1.54, 1.807) is 0 Å². The second-order valence-electron chi connectivity index (χ2n) is 19.5. The summed E-state index contributed by atoms with van der Waals surface area (Å²) in [6.45, 7) is 6.31. The standard InChI is InChI=1S/C70H110O6/c1-4-7-10-13-16-18-20-22-24-26-28-30-31-32-33-34-35-36-37-38-39-41-42-44-46-48-50-52-54-57-60-63-69(72)75-66-67(65-74-68(71)62-59-56-15-12-9-6-3)76-70(73)64-61-58-55-53-51-49-47-45-43-40-29-27-25-23-21-19-17-14-11-8-5-2/h7-8,10-11,16-19,22-25,28-30,32-33,35-36,38-40,42,44-45,47,67H,4-6,9,12-15,20-21,26-27,31,34,37,41,43,46,48-66H2,1-3H3/b10-7-,11-8-,18-16-,19-17-,24-22-,25-23-,30-28-,33-32-,36-35-,39-38-,40-29-,44-42-,47-45-. The van der Waals surface area contributed by atoms with Crippen molar-refractivity contribution in [1.82, 2.24) is 0 Å². The number of ether oxygens (including phenoxy) is 3. The van der Waals surface area contributed by atoms with Crippen molar-refractivity contribution in [2.24, 2.45) is 0 Å². The summed E-state index contributed by atoms with van der Waals surface area (Å²) in [5, 5.41) is 0. The van der Waals surface area contributed by atoms with Crippen molar-refractivity contribution < 1.29 is 28.6 Å². The van der Waals surface area contributed by atoms with Gasteiger partial charge in [0.15, 0.2) is 6.10 Å². The molecule has 0 spiro atoms. The van der Waals surface area contributed by atoms with E-state index < -0.39 is 6.10 Å². The first-order valence-corrected chi connectivity index (χ1v) is 30.5. The maximum Gasteiger partial charge on any atom is 0.306 e. The van der Waals surface area contributed by atoms with Crippen molar-refractivity contribution in [2.75, 3.05) is 13.2 Å². The maximum absolute atomic E-state index is 12.8. The first-order valence-electron chi connectivity index (χ1n) is 30.5. The molecule has 0 rings (SSSR count). The van der Waals surface area contributed by atoms with Gasteiger partial charge in [0.25, 0.3) is 0 Å². The zero-order valence-electron chi connectivity index (χ0n) is 48.7. The van der Waals surface area contributed by atoms with Crippen molar-refractivity contribution in [3.05, 3.63) is 158 Å². The summed E-state index contributed by atoms with van der Waals surface area (Å²) < 4.78 is 16.7. The Morgan fingerprint density at radius 1 is 0.276 bits per heavy atom. The number of esters is 3. The van der Waals surface area contributed by atoms with Crippen LogP contribution < -0.4 is 0 Å². The van der Waals surface area contributed by atoms with Gasteiger partial charge in [0.2, 0.25) is 0 Å². The Labute approximate surface area is 467 Å². The lowest BCUT2D eigenvalue weighted by atomic mass is 10.1. The van der Waals surface area contributed by atoms with Crippen molar-refractivity contribution >= 4 is 17.9 Å². The van der Waals surface area contributed by atoms with Crippen LogP contribution in [0.2, 0.25) is 0 Å². The molecule has 1 unspecified atom stereocenters. The van der Waals surface area contributed by atoms with Gasteiger partial charge in [-0.1, -0.05) is 256 Å². The number of hydrogen-bond acceptors (Lipinski definition) is 6. The average Bonchev–Trinajstić information content (AvgIpc) is 3.42. The highest BCUT2D eigenvalue weighted by molar-refractivity contribution is 5.71. The lowest BCUT2D eigenvalue weighted by molar-refractivity contribution is -0.167. The molecule has 0 bridgehead atoms. The van der Waals surface area contributed by atoms with Gasteiger partial charge >= 0.3 is 17.9 Å². The predicted molar refractivity (Wildman–Crippen MR) is 329 cm³/mol. The fraction of sp³-hybridized carbons (Fsp3) is 0.586. The normalized spacial score (nSPS) is 13.2. The van der Waals surface area contributed by atoms with Gasteiger partial charge in [0.05, 0.1) is 0 Å². The largest absolute Gasteiger partial charge is 0.462 e. The Kier molecular flexibility index (Phi) is 58.5. The second kappa shape index (κ2) is 62.6. The van der Waals surface area contributed by atoms with Crippen LogP contribution in [0.4, 0.5) is 0 Å². The zero-order chi connectivity index (χ0) is 55.0. The van der Waals surface area contributed by atoms with Crippen molar-refractivity contribution in [1.29, 1.82) is 0 Å². The Balaban J connectivity index is 4.22. The molecule has 6 heteroatoms. The summed E-state index contributed by atoms with van der Waals surface area (Å²) in [7, 11) is 0. The fourth-order valence-electron chi connectivity index (χ4n) is 7.78. The molecule has 6 nitrogen and oxygen atoms in total. The molecule has 0 saturated carbocycles. The molecule has 1 atom stereocenters. The van der Waals surface area contributed by atoms with E-state index in [1.165, 1.54) is 32.1 Å². The molecule has 0 amide bonds. The van der Waals surface area contributed by atoms with Crippen LogP contribution in [-0.2, 0) is 28.6 Å². The number of hydrogen-bond donors (Lipinski definition) is 0. The Bertz CT molecular complexity index is 1720. The number of carbonyl (C=O) groups is 3. The van der Waals surface area contributed by atoms with E-state index in [0.717, 1.165) is 173 Å². The highest BCUT2D eigenvalue weighted by Gasteiger charge is 2.19. The first-order chi connectivity index (χ1) is 37.5. The molecular weight excluding hydrogens is 937 g/mol. The topological polar surface area (TPSA) is 78.9 Å². The van der Waals surface area contributed by atoms with E-state index in [0.29, 0.717) is 19.3 Å². The molecule has 0 aliphatic rings. The van der Waals surface area contributed by atoms with E-state index in [4.69, 9.17) is 14.2 Å². The Morgan fingerprint density at radius 3 is 0.803 bits per heavy atom. The van der Waals surface area contributed by atoms with Crippen LogP contribution in [0, 0.1) is 0 Å². The monoisotopic (exact) mass is 1050 g/mol. The van der Waals surface area contributed by atoms with Gasteiger partial charge in [-0.05, 0) is 128 Å². The molecule has 0 aromatic rings. The highest BCUT2D eigenvalue weighted by atomic mass is 16.6. The number of allylic oxidation sites excluding steroid dienone is 26. The molecule has 76 heavy (non-hydrogen) atoms. The molecule has 0 radical (unpaired) electrons. The molecule has 0 saturated heterocycles. The van der Waals surface area contributed by atoms with Gasteiger partial charge in [-0.25, -0.2) is 0 Å². The predicted octanol–water partition coefficient (Wildman–Crippen LogP) is 20.9. The average molecular weight is 1050 g/mol. The Morgan fingerprint density at radius 2 is 0.513 bits per heavy atom. The van der Waals surface area contributed by atoms with Gasteiger partial charge in [0, 0.05) is 19.3 Å². The van der Waals surface area contributed by atoms with E-state index in [1.807, 2.05) is 0 Å². The van der Waals surface area contributed by atoms with Gasteiger partial charge in [-0.3, -0.25) is 14.4 Å². The third-order valence-corrected chi connectivity index (χ3v) is 12.3. The minimum atomic E-state index is -0.799. The third kappa shape index (κ3) is 59.9. The molecule has 0 aliphatic heterocycles. The van der Waals surface area contributed by atoms with Crippen molar-refractivity contribution in [2.45, 2.75) is 252 Å². The lowest BCUT2D eigenvalue weighted by Gasteiger charge is -2.18. The molecule has 0 heterocycles. The highest BCUT2D eigenvalue weighted by Crippen LogP contribution is 2.13. The molecule has 426 valence electrons. The zero-order valence-corrected chi connectivity index (χ0v) is 48.7. The minimum Gasteiger partial charge on any atom is -0.462 e. The fourth-order valence-corrected chi connectivity index (χ4v) is 7.78. The smallest absolute Gasteiger partial charge is 0.306 e. The lowest BCUT2D eigenvalue weighted by Crippen LogP contribution is -2.30. The van der Waals surface area contributed by atoms with Crippen LogP contribution in [-0.4, -0.2) is 37.2 Å². The summed E-state index contributed by atoms with van der Waals surface area (Å²) in [6.07, 6.45) is 91.3. The summed E-state index contributed by atoms with van der Waals surface area (Å²) in [4.78, 5) is 38.0. The minimum absolute atomic E-state index is 0.0968. The molecule has 0 N–H and O–H groups in total. The first kappa shape index (κ1) is 71.0. The molecular formula is C70H110O6. The van der Waals surface area contributed by atoms with E-state index in [9.17, 15) is 14.4 Å². The van der Waals surface area contributed by atoms with Crippen molar-refractivity contribution in [3.8, 4) is 0 Å². The molecule has 0 aliphatic carbocycles. The summed E-state index contributed by atoms with van der Waals surface area (Å²) in [5.74, 6) is -0.948. The summed E-state index contributed by atoms with van der Waals surface area (Å²) in [6, 6.07) is 0. The maximum atomic E-state index is 12.8. The van der Waals surface area contributed by atoms with Crippen LogP contribution in [0.5, 0.6) is 0 Å². The molecule has 0 fully saturated rings. The quantitative estimate of drug-likeness (QED) is 0.0261. The van der Waals surface area contributed by atoms with Crippen LogP contribution in [0.25, 0.3) is 0 Å². The van der Waals surface area contributed by atoms with Gasteiger partial charge in [0.1, 0.15) is 13.2 Å². The van der Waals surface area contributed by atoms with Crippen molar-refractivity contribution in [3.63, 3.8) is 0 Å². The van der Waals surface area contributed by atoms with E-state index in [-0.39, 0.29) is 31.1 Å². The van der Waals surface area contributed by atoms with E-state index in [2.05, 4.69) is 179 Å². The van der Waals surface area contributed by atoms with Crippen LogP contribution >= 0.6 is 0 Å². The third-order valence-electron chi connectivity index (χ3n) is 12.3. The second-order valence-corrected chi connectivity index (χ2v) is 19.5. The summed E-state index contributed by atoms with van der Waals surface area (Å²) >= 11 is 0. The van der Waals surface area contributed by atoms with Crippen LogP contribution in [0.1, 0.15) is 245 Å². The van der Waals surface area contributed by atoms with E-state index >= 15 is 0 Å². The number of unbranched alkanes of at least 4 members (excludes halogenated alkanes) is 16. The number of rotatable bonds is 53. The SMILES string of the molecule is CC/C=C\C/C=C\C/C=C\C/C=C\C/C=C\C/C=C\C/C=C\C/C=C\CCCCCCCCC(=O)OCC(COC(=O)CCCCCCCC)OC(=O)CCCCCCC/C=C\C/C=C\C/C=C\C/C=C\C/C=C\CC. The number of carbonyl (C=O) groups excluding carboxylic acids is 3. The molecule has 0 aromatic carbocycles. The van der Waals surface area contributed by atoms with Crippen LogP contribution in [0.15, 0.2) is 158 Å². The van der Waals surface area contributed by atoms with Crippen LogP contribution in [0.3, 0.4) is 0 Å². The summed E-state index contributed by atoms with van der Waals surface area (Å²) in [5.41, 5.74) is 0. The van der Waals surface area contributed by atoms with Gasteiger partial charge in [-0.15, -0.1) is 0 Å².